The standard InChI is InChI=1S/C28H39N5/c1-2-3-4-5-6-10-20-33-27(21-24-14-7-11-17-30-24)28(29,22-25-15-8-12-18-31-25)23-26-16-9-13-19-32-26/h7-9,11-19,27,33H,2-6,10,20-23,29H2,1H3. The molecule has 0 fully saturated rings. The van der Waals surface area contributed by atoms with Gasteiger partial charge < -0.3 is 11.1 Å². The quantitative estimate of drug-likeness (QED) is 0.325. The Kier molecular flexibility index (Phi) is 10.5. The number of nitrogens with one attached hydrogen (secondary N) is 1. The summed E-state index contributed by atoms with van der Waals surface area (Å²) in [5.41, 5.74) is 9.77. The highest BCUT2D eigenvalue weighted by Gasteiger charge is 2.36. The molecule has 0 aromatic carbocycles. The van der Waals surface area contributed by atoms with Crippen LogP contribution >= 0.6 is 0 Å². The first-order chi connectivity index (χ1) is 16.2. The van der Waals surface area contributed by atoms with Crippen molar-refractivity contribution >= 4 is 0 Å². The summed E-state index contributed by atoms with van der Waals surface area (Å²) in [6.45, 7) is 3.21. The van der Waals surface area contributed by atoms with Gasteiger partial charge in [0.2, 0.25) is 0 Å². The summed E-state index contributed by atoms with van der Waals surface area (Å²) in [6, 6.07) is 18.2. The minimum absolute atomic E-state index is 0.0482. The van der Waals surface area contributed by atoms with Crippen LogP contribution in [0.15, 0.2) is 73.2 Å². The van der Waals surface area contributed by atoms with Crippen molar-refractivity contribution < 1.29 is 0 Å². The number of unbranched alkanes of at least 4 members (excludes halogenated alkanes) is 5. The zero-order valence-corrected chi connectivity index (χ0v) is 20.0. The highest BCUT2D eigenvalue weighted by molar-refractivity contribution is 5.19. The first kappa shape index (κ1) is 25.0. The predicted molar refractivity (Wildman–Crippen MR) is 136 cm³/mol. The lowest BCUT2D eigenvalue weighted by Gasteiger charge is -2.38. The molecule has 5 heteroatoms. The molecular formula is C28H39N5. The third-order valence-corrected chi connectivity index (χ3v) is 6.23. The monoisotopic (exact) mass is 445 g/mol. The summed E-state index contributed by atoms with van der Waals surface area (Å²) in [7, 11) is 0. The van der Waals surface area contributed by atoms with E-state index < -0.39 is 5.54 Å². The molecule has 5 nitrogen and oxygen atoms in total. The number of hydrogen-bond donors (Lipinski definition) is 2. The van der Waals surface area contributed by atoms with Crippen LogP contribution in [0.3, 0.4) is 0 Å². The fourth-order valence-corrected chi connectivity index (χ4v) is 4.38. The molecule has 0 amide bonds. The topological polar surface area (TPSA) is 76.7 Å². The lowest BCUT2D eigenvalue weighted by Crippen LogP contribution is -2.61. The van der Waals surface area contributed by atoms with Crippen molar-refractivity contribution in [3.8, 4) is 0 Å². The molecule has 0 radical (unpaired) electrons. The van der Waals surface area contributed by atoms with Crippen LogP contribution in [-0.4, -0.2) is 33.1 Å². The molecule has 0 aliphatic rings. The van der Waals surface area contributed by atoms with E-state index >= 15 is 0 Å². The van der Waals surface area contributed by atoms with E-state index in [1.54, 1.807) is 0 Å². The smallest absolute Gasteiger partial charge is 0.0425 e. The predicted octanol–water partition coefficient (Wildman–Crippen LogP) is 4.92. The average molecular weight is 446 g/mol. The summed E-state index contributed by atoms with van der Waals surface area (Å²) >= 11 is 0. The lowest BCUT2D eigenvalue weighted by atomic mass is 9.79. The van der Waals surface area contributed by atoms with Crippen molar-refractivity contribution in [3.05, 3.63) is 90.3 Å². The Morgan fingerprint density at radius 3 is 1.76 bits per heavy atom. The summed E-state index contributed by atoms with van der Waals surface area (Å²) in [4.78, 5) is 13.8. The van der Waals surface area contributed by atoms with Crippen LogP contribution in [0.25, 0.3) is 0 Å². The largest absolute Gasteiger partial charge is 0.323 e. The molecule has 176 valence electrons. The molecule has 0 aliphatic carbocycles. The molecule has 0 saturated carbocycles. The maximum absolute atomic E-state index is 7.26. The summed E-state index contributed by atoms with van der Waals surface area (Å²) in [6.07, 6.45) is 15.3. The van der Waals surface area contributed by atoms with E-state index in [2.05, 4.69) is 45.4 Å². The molecular weight excluding hydrogens is 406 g/mol. The average Bonchev–Trinajstić information content (AvgIpc) is 2.84. The Labute approximate surface area is 199 Å². The summed E-state index contributed by atoms with van der Waals surface area (Å²) in [5.74, 6) is 0. The maximum Gasteiger partial charge on any atom is 0.0425 e. The van der Waals surface area contributed by atoms with Crippen molar-refractivity contribution in [1.29, 1.82) is 0 Å². The Bertz CT molecular complexity index is 844. The van der Waals surface area contributed by atoms with Crippen LogP contribution in [0.1, 0.15) is 62.5 Å². The number of nitrogens with zero attached hydrogens (tertiary/aromatic N) is 3. The van der Waals surface area contributed by atoms with E-state index in [1.165, 1.54) is 32.1 Å². The first-order valence-electron chi connectivity index (χ1n) is 12.4. The third-order valence-electron chi connectivity index (χ3n) is 6.23. The summed E-state index contributed by atoms with van der Waals surface area (Å²) in [5, 5.41) is 3.82. The lowest BCUT2D eigenvalue weighted by molar-refractivity contribution is 0.278. The van der Waals surface area contributed by atoms with Crippen molar-refractivity contribution in [3.63, 3.8) is 0 Å². The molecule has 0 spiro atoms. The fraction of sp³-hybridized carbons (Fsp3) is 0.464. The minimum Gasteiger partial charge on any atom is -0.323 e. The second-order valence-electron chi connectivity index (χ2n) is 9.03. The van der Waals surface area contributed by atoms with Crippen molar-refractivity contribution in [2.75, 3.05) is 6.54 Å². The molecule has 0 saturated heterocycles. The number of pyridine rings is 3. The van der Waals surface area contributed by atoms with E-state index in [9.17, 15) is 0 Å². The number of aromatic nitrogens is 3. The van der Waals surface area contributed by atoms with Gasteiger partial charge in [0.15, 0.2) is 0 Å². The zero-order chi connectivity index (χ0) is 23.2. The van der Waals surface area contributed by atoms with Gasteiger partial charge in [-0.25, -0.2) is 0 Å². The van der Waals surface area contributed by atoms with E-state index in [4.69, 9.17) is 5.73 Å². The van der Waals surface area contributed by atoms with Crippen LogP contribution in [0.5, 0.6) is 0 Å². The van der Waals surface area contributed by atoms with Gasteiger partial charge in [-0.05, 0) is 49.4 Å². The Morgan fingerprint density at radius 1 is 0.727 bits per heavy atom. The zero-order valence-electron chi connectivity index (χ0n) is 20.0. The Hall–Kier alpha value is -2.63. The van der Waals surface area contributed by atoms with Crippen molar-refractivity contribution in [2.45, 2.75) is 76.3 Å². The molecule has 1 atom stereocenters. The van der Waals surface area contributed by atoms with Crippen molar-refractivity contribution in [1.82, 2.24) is 20.3 Å². The van der Waals surface area contributed by atoms with Gasteiger partial charge >= 0.3 is 0 Å². The van der Waals surface area contributed by atoms with E-state index in [-0.39, 0.29) is 6.04 Å². The highest BCUT2D eigenvalue weighted by Crippen LogP contribution is 2.22. The second-order valence-corrected chi connectivity index (χ2v) is 9.03. The Morgan fingerprint density at radius 2 is 1.24 bits per heavy atom. The fourth-order valence-electron chi connectivity index (χ4n) is 4.38. The molecule has 33 heavy (non-hydrogen) atoms. The molecule has 3 N–H and O–H groups in total. The van der Waals surface area contributed by atoms with Crippen LogP contribution in [-0.2, 0) is 19.3 Å². The van der Waals surface area contributed by atoms with E-state index in [0.717, 1.165) is 36.5 Å². The van der Waals surface area contributed by atoms with E-state index in [0.29, 0.717) is 12.8 Å². The van der Waals surface area contributed by atoms with Gasteiger partial charge in [0.1, 0.15) is 0 Å². The molecule has 0 aliphatic heterocycles. The SMILES string of the molecule is CCCCCCCCNC(Cc1ccccn1)C(N)(Cc1ccccn1)Cc1ccccn1. The van der Waals surface area contributed by atoms with Gasteiger partial charge in [-0.15, -0.1) is 0 Å². The van der Waals surface area contributed by atoms with Gasteiger partial charge in [-0.3, -0.25) is 15.0 Å². The van der Waals surface area contributed by atoms with Crippen LogP contribution < -0.4 is 11.1 Å². The Balaban J connectivity index is 1.78. The van der Waals surface area contributed by atoms with Crippen LogP contribution in [0, 0.1) is 0 Å². The second kappa shape index (κ2) is 13.8. The first-order valence-corrected chi connectivity index (χ1v) is 12.4. The van der Waals surface area contributed by atoms with Gasteiger partial charge in [0, 0.05) is 66.5 Å². The normalized spacial score (nSPS) is 12.5. The number of nitrogens with two attached hydrogens (primary N) is 1. The van der Waals surface area contributed by atoms with Crippen LogP contribution in [0.4, 0.5) is 0 Å². The molecule has 0 bridgehead atoms. The van der Waals surface area contributed by atoms with Crippen LogP contribution in [0.2, 0.25) is 0 Å². The highest BCUT2D eigenvalue weighted by atomic mass is 15.0. The number of rotatable bonds is 15. The molecule has 3 aromatic rings. The molecule has 1 unspecified atom stereocenters. The molecule has 3 heterocycles. The minimum atomic E-state index is -0.553. The molecule has 3 aromatic heterocycles. The number of hydrogen-bond acceptors (Lipinski definition) is 5. The van der Waals surface area contributed by atoms with Crippen molar-refractivity contribution in [2.24, 2.45) is 5.73 Å². The van der Waals surface area contributed by atoms with E-state index in [1.807, 2.05) is 55.0 Å². The maximum atomic E-state index is 7.26. The summed E-state index contributed by atoms with van der Waals surface area (Å²) < 4.78 is 0. The molecule has 3 rings (SSSR count). The van der Waals surface area contributed by atoms with Gasteiger partial charge in [-0.1, -0.05) is 57.2 Å². The van der Waals surface area contributed by atoms with Gasteiger partial charge in [0.05, 0.1) is 0 Å². The van der Waals surface area contributed by atoms with Gasteiger partial charge in [-0.2, -0.15) is 0 Å². The third kappa shape index (κ3) is 8.67. The van der Waals surface area contributed by atoms with Gasteiger partial charge in [0.25, 0.3) is 0 Å².